The summed E-state index contributed by atoms with van der Waals surface area (Å²) in [6, 6.07) is 12.3. The summed E-state index contributed by atoms with van der Waals surface area (Å²) in [7, 11) is 0. The molecule has 28 heavy (non-hydrogen) atoms. The monoisotopic (exact) mass is 379 g/mol. The Hall–Kier alpha value is -2.66. The average Bonchev–Trinajstić information content (AvgIpc) is 3.08. The van der Waals surface area contributed by atoms with Gasteiger partial charge in [0.1, 0.15) is 17.5 Å². The van der Waals surface area contributed by atoms with Gasteiger partial charge in [-0.3, -0.25) is 9.59 Å². The number of hydrogen-bond donors (Lipinski definition) is 1. The third-order valence-electron chi connectivity index (χ3n) is 5.79. The number of amides is 1. The van der Waals surface area contributed by atoms with E-state index >= 15 is 0 Å². The number of nitrogens with zero attached hydrogens (tertiary/aromatic N) is 1. The molecule has 0 radical (unpaired) electrons. The quantitative estimate of drug-likeness (QED) is 0.830. The Balaban J connectivity index is 1.84. The Morgan fingerprint density at radius 3 is 2.57 bits per heavy atom. The zero-order valence-corrected chi connectivity index (χ0v) is 16.4. The maximum Gasteiger partial charge on any atom is 0.223 e. The van der Waals surface area contributed by atoms with Crippen molar-refractivity contribution < 1.29 is 19.4 Å². The van der Waals surface area contributed by atoms with E-state index in [9.17, 15) is 14.7 Å². The summed E-state index contributed by atoms with van der Waals surface area (Å²) in [6.45, 7) is 6.14. The van der Waals surface area contributed by atoms with Crippen LogP contribution in [0.4, 0.5) is 0 Å². The van der Waals surface area contributed by atoms with Crippen molar-refractivity contribution >= 4 is 11.7 Å². The standard InChI is InChI=1S/C23H25NO4/c1-14-12-18-17(13-16(14)21(26)15-8-5-4-6-9-15)20(22(27)23(2,3)28-18)24-11-7-10-19(24)25/h4-6,8-9,12-13,20,22,27H,7,10-11H2,1-3H3/t20-,22+/m0/s1. The third-order valence-corrected chi connectivity index (χ3v) is 5.79. The molecule has 0 bridgehead atoms. The molecule has 2 aliphatic rings. The minimum absolute atomic E-state index is 0.0317. The van der Waals surface area contributed by atoms with Crippen LogP contribution in [-0.4, -0.2) is 39.9 Å². The molecule has 4 rings (SSSR count). The molecule has 0 saturated carbocycles. The minimum Gasteiger partial charge on any atom is -0.485 e. The van der Waals surface area contributed by atoms with Crippen LogP contribution >= 0.6 is 0 Å². The van der Waals surface area contributed by atoms with E-state index < -0.39 is 17.7 Å². The molecular formula is C23H25NO4. The first-order chi connectivity index (χ1) is 13.3. The van der Waals surface area contributed by atoms with E-state index in [0.29, 0.717) is 35.4 Å². The Kier molecular flexibility index (Phi) is 4.50. The molecule has 2 heterocycles. The maximum absolute atomic E-state index is 13.1. The first-order valence-corrected chi connectivity index (χ1v) is 9.70. The fourth-order valence-corrected chi connectivity index (χ4v) is 4.20. The Bertz CT molecular complexity index is 935. The van der Waals surface area contributed by atoms with Crippen LogP contribution in [0.5, 0.6) is 5.75 Å². The first kappa shape index (κ1) is 18.7. The molecule has 5 heteroatoms. The Morgan fingerprint density at radius 1 is 1.21 bits per heavy atom. The molecule has 2 aliphatic heterocycles. The number of ketones is 1. The van der Waals surface area contributed by atoms with Gasteiger partial charge in [0.2, 0.25) is 5.91 Å². The van der Waals surface area contributed by atoms with Gasteiger partial charge >= 0.3 is 0 Å². The van der Waals surface area contributed by atoms with Gasteiger partial charge in [0, 0.05) is 29.7 Å². The van der Waals surface area contributed by atoms with Crippen molar-refractivity contribution in [2.45, 2.75) is 51.4 Å². The number of aliphatic hydroxyl groups excluding tert-OH is 1. The molecule has 1 saturated heterocycles. The largest absolute Gasteiger partial charge is 0.485 e. The van der Waals surface area contributed by atoms with Gasteiger partial charge in [0.05, 0.1) is 6.04 Å². The van der Waals surface area contributed by atoms with E-state index in [-0.39, 0.29) is 11.7 Å². The van der Waals surface area contributed by atoms with Gasteiger partial charge < -0.3 is 14.7 Å². The zero-order chi connectivity index (χ0) is 20.1. The van der Waals surface area contributed by atoms with Gasteiger partial charge in [0.25, 0.3) is 0 Å². The normalized spacial score (nSPS) is 23.3. The lowest BCUT2D eigenvalue weighted by Gasteiger charge is -2.45. The highest BCUT2D eigenvalue weighted by Crippen LogP contribution is 2.45. The molecule has 2 aromatic rings. The number of rotatable bonds is 3. The van der Waals surface area contributed by atoms with E-state index in [1.807, 2.05) is 45.0 Å². The number of ether oxygens (including phenoxy) is 1. The second-order valence-electron chi connectivity index (χ2n) is 8.19. The number of likely N-dealkylation sites (tertiary alicyclic amines) is 1. The van der Waals surface area contributed by atoms with Crippen molar-refractivity contribution in [2.75, 3.05) is 6.54 Å². The molecular weight excluding hydrogens is 354 g/mol. The molecule has 0 unspecified atom stereocenters. The average molecular weight is 379 g/mol. The first-order valence-electron chi connectivity index (χ1n) is 9.70. The number of fused-ring (bicyclic) bond motifs is 1. The predicted molar refractivity (Wildman–Crippen MR) is 105 cm³/mol. The minimum atomic E-state index is -0.885. The van der Waals surface area contributed by atoms with Crippen molar-refractivity contribution in [1.29, 1.82) is 0 Å². The summed E-state index contributed by atoms with van der Waals surface area (Å²) >= 11 is 0. The summed E-state index contributed by atoms with van der Waals surface area (Å²) in [5.74, 6) is 0.582. The maximum atomic E-state index is 13.1. The Labute approximate surface area is 164 Å². The smallest absolute Gasteiger partial charge is 0.223 e. The summed E-state index contributed by atoms with van der Waals surface area (Å²) in [5.41, 5.74) is 1.85. The van der Waals surface area contributed by atoms with E-state index in [0.717, 1.165) is 12.0 Å². The van der Waals surface area contributed by atoms with Crippen LogP contribution in [0.15, 0.2) is 42.5 Å². The van der Waals surface area contributed by atoms with Gasteiger partial charge in [0.15, 0.2) is 5.78 Å². The van der Waals surface area contributed by atoms with Crippen molar-refractivity contribution in [3.63, 3.8) is 0 Å². The molecule has 1 N–H and O–H groups in total. The molecule has 2 aromatic carbocycles. The molecule has 0 aliphatic carbocycles. The summed E-state index contributed by atoms with van der Waals surface area (Å²) in [4.78, 5) is 27.3. The zero-order valence-electron chi connectivity index (χ0n) is 16.4. The SMILES string of the molecule is Cc1cc2c(cc1C(=O)c1ccccc1)[C@H](N1CCCC1=O)[C@@H](O)C(C)(C)O2. The number of hydrogen-bond acceptors (Lipinski definition) is 4. The summed E-state index contributed by atoms with van der Waals surface area (Å²) < 4.78 is 6.08. The van der Waals surface area contributed by atoms with Gasteiger partial charge in [-0.1, -0.05) is 30.3 Å². The van der Waals surface area contributed by atoms with Crippen molar-refractivity contribution in [1.82, 2.24) is 4.90 Å². The molecule has 146 valence electrons. The fourth-order valence-electron chi connectivity index (χ4n) is 4.20. The molecule has 2 atom stereocenters. The van der Waals surface area contributed by atoms with Crippen molar-refractivity contribution in [2.24, 2.45) is 0 Å². The highest BCUT2D eigenvalue weighted by molar-refractivity contribution is 6.10. The summed E-state index contributed by atoms with van der Waals surface area (Å²) in [6.07, 6.45) is 0.381. The van der Waals surface area contributed by atoms with E-state index in [2.05, 4.69) is 0 Å². The third kappa shape index (κ3) is 3.00. The molecule has 0 spiro atoms. The fraction of sp³-hybridized carbons (Fsp3) is 0.391. The Morgan fingerprint density at radius 2 is 1.93 bits per heavy atom. The lowest BCUT2D eigenvalue weighted by molar-refractivity contribution is -0.139. The summed E-state index contributed by atoms with van der Waals surface area (Å²) in [5, 5.41) is 11.0. The second-order valence-corrected chi connectivity index (χ2v) is 8.19. The van der Waals surface area contributed by atoms with E-state index in [1.54, 1.807) is 23.1 Å². The molecule has 1 amide bonds. The lowest BCUT2D eigenvalue weighted by atomic mass is 9.83. The highest BCUT2D eigenvalue weighted by atomic mass is 16.5. The van der Waals surface area contributed by atoms with Crippen LogP contribution in [0.3, 0.4) is 0 Å². The molecule has 5 nitrogen and oxygen atoms in total. The van der Waals surface area contributed by atoms with Crippen LogP contribution in [0, 0.1) is 6.92 Å². The van der Waals surface area contributed by atoms with E-state index in [4.69, 9.17) is 4.74 Å². The van der Waals surface area contributed by atoms with Crippen LogP contribution < -0.4 is 4.74 Å². The van der Waals surface area contributed by atoms with Crippen LogP contribution in [0.2, 0.25) is 0 Å². The van der Waals surface area contributed by atoms with Gasteiger partial charge in [-0.25, -0.2) is 0 Å². The molecule has 1 fully saturated rings. The topological polar surface area (TPSA) is 66.8 Å². The van der Waals surface area contributed by atoms with Crippen LogP contribution in [0.1, 0.15) is 59.8 Å². The van der Waals surface area contributed by atoms with Gasteiger partial charge in [-0.2, -0.15) is 0 Å². The lowest BCUT2D eigenvalue weighted by Crippen LogP contribution is -2.53. The van der Waals surface area contributed by atoms with Crippen molar-refractivity contribution in [3.8, 4) is 5.75 Å². The van der Waals surface area contributed by atoms with Crippen LogP contribution in [0.25, 0.3) is 0 Å². The number of aryl methyl sites for hydroxylation is 1. The van der Waals surface area contributed by atoms with E-state index in [1.165, 1.54) is 0 Å². The predicted octanol–water partition coefficient (Wildman–Crippen LogP) is 3.42. The number of aliphatic hydroxyl groups is 1. The highest BCUT2D eigenvalue weighted by Gasteiger charge is 2.47. The van der Waals surface area contributed by atoms with Gasteiger partial charge in [-0.15, -0.1) is 0 Å². The number of carbonyl (C=O) groups excluding carboxylic acids is 2. The molecule has 0 aromatic heterocycles. The van der Waals surface area contributed by atoms with Crippen LogP contribution in [-0.2, 0) is 4.79 Å². The number of carbonyl (C=O) groups is 2. The van der Waals surface area contributed by atoms with Crippen molar-refractivity contribution in [3.05, 3.63) is 64.7 Å². The second kappa shape index (κ2) is 6.74. The van der Waals surface area contributed by atoms with Gasteiger partial charge in [-0.05, 0) is 44.9 Å². The number of benzene rings is 2.